The average molecular weight is 370 g/mol. The number of hydrogen-bond acceptors (Lipinski definition) is 2. The van der Waals surface area contributed by atoms with Crippen molar-refractivity contribution in [2.45, 2.75) is 37.6 Å². The third-order valence-electron chi connectivity index (χ3n) is 4.69. The van der Waals surface area contributed by atoms with E-state index >= 15 is 0 Å². The molecule has 25 heavy (non-hydrogen) atoms. The summed E-state index contributed by atoms with van der Waals surface area (Å²) in [6, 6.07) is 17.9. The summed E-state index contributed by atoms with van der Waals surface area (Å²) in [5.74, 6) is 0. The van der Waals surface area contributed by atoms with E-state index in [2.05, 4.69) is 22.8 Å². The minimum atomic E-state index is -0.205. The molecule has 0 bridgehead atoms. The van der Waals surface area contributed by atoms with Gasteiger partial charge in [-0.25, -0.2) is 0 Å². The van der Waals surface area contributed by atoms with E-state index in [1.165, 1.54) is 0 Å². The number of anilines is 1. The first-order chi connectivity index (χ1) is 12.1. The van der Waals surface area contributed by atoms with Gasteiger partial charge in [0.05, 0.1) is 18.0 Å². The van der Waals surface area contributed by atoms with Gasteiger partial charge in [0, 0.05) is 10.7 Å². The minimum Gasteiger partial charge on any atom is -0.353 e. The predicted octanol–water partition coefficient (Wildman–Crippen LogP) is 5.16. The lowest BCUT2D eigenvalue weighted by Crippen LogP contribution is -2.45. The monoisotopic (exact) mass is 369 g/mol. The van der Waals surface area contributed by atoms with E-state index in [-0.39, 0.29) is 5.54 Å². The summed E-state index contributed by atoms with van der Waals surface area (Å²) in [6.45, 7) is 0. The fourth-order valence-corrected chi connectivity index (χ4v) is 4.10. The molecule has 0 aromatic heterocycles. The molecule has 3 rings (SSSR count). The molecule has 1 saturated carbocycles. The van der Waals surface area contributed by atoms with Crippen LogP contribution in [0, 0.1) is 11.3 Å². The second kappa shape index (κ2) is 7.86. The van der Waals surface area contributed by atoms with E-state index in [0.29, 0.717) is 11.5 Å². The van der Waals surface area contributed by atoms with Gasteiger partial charge in [0.1, 0.15) is 0 Å². The van der Waals surface area contributed by atoms with Crippen LogP contribution in [0.1, 0.15) is 36.8 Å². The Kier molecular flexibility index (Phi) is 5.57. The molecular weight excluding hydrogens is 350 g/mol. The molecule has 1 aliphatic rings. The lowest BCUT2D eigenvalue weighted by atomic mass is 9.88. The number of halogens is 1. The second-order valence-electron chi connectivity index (χ2n) is 6.38. The van der Waals surface area contributed by atoms with Crippen LogP contribution in [-0.2, 0) is 12.0 Å². The van der Waals surface area contributed by atoms with Gasteiger partial charge >= 0.3 is 0 Å². The zero-order valence-corrected chi connectivity index (χ0v) is 15.5. The van der Waals surface area contributed by atoms with Gasteiger partial charge in [-0.3, -0.25) is 0 Å². The van der Waals surface area contributed by atoms with E-state index < -0.39 is 0 Å². The normalized spacial score (nSPS) is 15.4. The highest BCUT2D eigenvalue weighted by atomic mass is 35.5. The molecule has 5 heteroatoms. The van der Waals surface area contributed by atoms with Crippen molar-refractivity contribution < 1.29 is 0 Å². The van der Waals surface area contributed by atoms with E-state index in [0.717, 1.165) is 47.5 Å². The number of nitriles is 1. The molecule has 0 heterocycles. The first-order valence-electron chi connectivity index (χ1n) is 8.43. The van der Waals surface area contributed by atoms with E-state index in [4.69, 9.17) is 29.1 Å². The van der Waals surface area contributed by atoms with Gasteiger partial charge in [0.25, 0.3) is 0 Å². The molecule has 2 aromatic rings. The number of thiocarbonyl (C=S) groups is 1. The van der Waals surface area contributed by atoms with Crippen molar-refractivity contribution in [2.24, 2.45) is 0 Å². The van der Waals surface area contributed by atoms with Crippen LogP contribution in [0.4, 0.5) is 5.69 Å². The van der Waals surface area contributed by atoms with Crippen molar-refractivity contribution in [2.75, 3.05) is 5.32 Å². The molecule has 0 spiro atoms. The average Bonchev–Trinajstić information content (AvgIpc) is 3.06. The van der Waals surface area contributed by atoms with Gasteiger partial charge < -0.3 is 10.6 Å². The summed E-state index contributed by atoms with van der Waals surface area (Å²) in [6.07, 6.45) is 4.76. The Balaban J connectivity index is 1.74. The van der Waals surface area contributed by atoms with Gasteiger partial charge in [0.15, 0.2) is 5.11 Å². The molecule has 0 saturated heterocycles. The number of rotatable bonds is 4. The minimum absolute atomic E-state index is 0.205. The summed E-state index contributed by atoms with van der Waals surface area (Å²) in [5, 5.41) is 16.9. The third-order valence-corrected chi connectivity index (χ3v) is 5.23. The van der Waals surface area contributed by atoms with Crippen molar-refractivity contribution in [1.29, 1.82) is 5.26 Å². The largest absolute Gasteiger partial charge is 0.353 e. The molecule has 1 fully saturated rings. The quantitative estimate of drug-likeness (QED) is 0.730. The third kappa shape index (κ3) is 4.12. The summed E-state index contributed by atoms with van der Waals surface area (Å²) < 4.78 is 0. The lowest BCUT2D eigenvalue weighted by molar-refractivity contribution is 0.408. The van der Waals surface area contributed by atoms with Crippen molar-refractivity contribution in [3.8, 4) is 6.07 Å². The molecule has 2 aromatic carbocycles. The summed E-state index contributed by atoms with van der Waals surface area (Å²) in [4.78, 5) is 0. The predicted molar refractivity (Wildman–Crippen MR) is 107 cm³/mol. The van der Waals surface area contributed by atoms with E-state index in [1.54, 1.807) is 0 Å². The SMILES string of the molecule is N#CCc1ccc(NC(=S)NC2(c3ccccc3Cl)CCCC2)cc1. The summed E-state index contributed by atoms with van der Waals surface area (Å²) >= 11 is 12.0. The maximum absolute atomic E-state index is 8.75. The van der Waals surface area contributed by atoms with Crippen LogP contribution in [0.3, 0.4) is 0 Å². The molecule has 2 N–H and O–H groups in total. The Morgan fingerprint density at radius 2 is 1.80 bits per heavy atom. The van der Waals surface area contributed by atoms with Gasteiger partial charge in [-0.2, -0.15) is 5.26 Å². The highest BCUT2D eigenvalue weighted by Crippen LogP contribution is 2.41. The van der Waals surface area contributed by atoms with Crippen molar-refractivity contribution >= 4 is 34.6 Å². The van der Waals surface area contributed by atoms with Crippen molar-refractivity contribution in [3.05, 3.63) is 64.7 Å². The van der Waals surface area contributed by atoms with Crippen LogP contribution in [0.2, 0.25) is 5.02 Å². The topological polar surface area (TPSA) is 47.9 Å². The first-order valence-corrected chi connectivity index (χ1v) is 9.22. The van der Waals surface area contributed by atoms with Gasteiger partial charge in [-0.15, -0.1) is 0 Å². The molecule has 0 amide bonds. The molecule has 1 aliphatic carbocycles. The number of nitrogens with one attached hydrogen (secondary N) is 2. The maximum Gasteiger partial charge on any atom is 0.171 e. The molecule has 0 unspecified atom stereocenters. The van der Waals surface area contributed by atoms with Crippen LogP contribution in [-0.4, -0.2) is 5.11 Å². The smallest absolute Gasteiger partial charge is 0.171 e. The summed E-state index contributed by atoms with van der Waals surface area (Å²) in [5.41, 5.74) is 2.81. The summed E-state index contributed by atoms with van der Waals surface area (Å²) in [7, 11) is 0. The van der Waals surface area contributed by atoms with Crippen LogP contribution in [0.15, 0.2) is 48.5 Å². The molecule has 128 valence electrons. The first kappa shape index (κ1) is 17.7. The van der Waals surface area contributed by atoms with Gasteiger partial charge in [-0.1, -0.05) is 54.8 Å². The maximum atomic E-state index is 8.75. The van der Waals surface area contributed by atoms with Crippen LogP contribution < -0.4 is 10.6 Å². The zero-order valence-electron chi connectivity index (χ0n) is 13.9. The van der Waals surface area contributed by atoms with Crippen molar-refractivity contribution in [3.63, 3.8) is 0 Å². The standard InChI is InChI=1S/C20H20ClN3S/c21-18-6-2-1-5-17(18)20(12-3-4-13-20)24-19(25)23-16-9-7-15(8-10-16)11-14-22/h1-2,5-10H,3-4,11-13H2,(H2,23,24,25). The fraction of sp³-hybridized carbons (Fsp3) is 0.300. The Hall–Kier alpha value is -2.09. The second-order valence-corrected chi connectivity index (χ2v) is 7.20. The molecular formula is C20H20ClN3S. The molecule has 0 aliphatic heterocycles. The number of hydrogen-bond donors (Lipinski definition) is 2. The fourth-order valence-electron chi connectivity index (χ4n) is 3.47. The van der Waals surface area contributed by atoms with Crippen LogP contribution in [0.5, 0.6) is 0 Å². The number of nitrogens with zero attached hydrogens (tertiary/aromatic N) is 1. The molecule has 0 radical (unpaired) electrons. The molecule has 3 nitrogen and oxygen atoms in total. The number of benzene rings is 2. The Morgan fingerprint density at radius 3 is 2.44 bits per heavy atom. The zero-order chi connectivity index (χ0) is 17.7. The van der Waals surface area contributed by atoms with Gasteiger partial charge in [0.2, 0.25) is 0 Å². The Bertz CT molecular complexity index is 789. The highest BCUT2D eigenvalue weighted by molar-refractivity contribution is 7.80. The highest BCUT2D eigenvalue weighted by Gasteiger charge is 2.37. The molecule has 0 atom stereocenters. The van der Waals surface area contributed by atoms with Crippen LogP contribution in [0.25, 0.3) is 0 Å². The van der Waals surface area contributed by atoms with E-state index in [1.807, 2.05) is 42.5 Å². The van der Waals surface area contributed by atoms with E-state index in [9.17, 15) is 0 Å². The van der Waals surface area contributed by atoms with Gasteiger partial charge in [-0.05, 0) is 54.4 Å². The lowest BCUT2D eigenvalue weighted by Gasteiger charge is -2.33. The Morgan fingerprint density at radius 1 is 1.12 bits per heavy atom. The van der Waals surface area contributed by atoms with Crippen LogP contribution >= 0.6 is 23.8 Å². The van der Waals surface area contributed by atoms with Crippen molar-refractivity contribution in [1.82, 2.24) is 5.32 Å². The Labute approximate surface area is 159 Å².